The van der Waals surface area contributed by atoms with Crippen molar-refractivity contribution in [2.75, 3.05) is 20.8 Å². The van der Waals surface area contributed by atoms with E-state index in [9.17, 15) is 4.79 Å². The molecule has 1 N–H and O–H groups in total. The molecular formula is C18H27NO3. The van der Waals surface area contributed by atoms with Gasteiger partial charge >= 0.3 is 0 Å². The van der Waals surface area contributed by atoms with Gasteiger partial charge in [0.15, 0.2) is 0 Å². The molecule has 0 aromatic heterocycles. The molecule has 1 unspecified atom stereocenters. The highest BCUT2D eigenvalue weighted by molar-refractivity contribution is 5.89. The van der Waals surface area contributed by atoms with Crippen LogP contribution in [0.5, 0.6) is 5.75 Å². The van der Waals surface area contributed by atoms with Crippen LogP contribution >= 0.6 is 0 Å². The average molecular weight is 305 g/mol. The van der Waals surface area contributed by atoms with Crippen molar-refractivity contribution in [2.45, 2.75) is 50.5 Å². The zero-order chi connectivity index (χ0) is 16.0. The molecule has 2 rings (SSSR count). The number of hydrogen-bond acceptors (Lipinski definition) is 3. The maximum atomic E-state index is 12.9. The van der Waals surface area contributed by atoms with E-state index in [1.807, 2.05) is 31.2 Å². The zero-order valence-electron chi connectivity index (χ0n) is 13.9. The summed E-state index contributed by atoms with van der Waals surface area (Å²) in [6, 6.07) is 8.06. The average Bonchev–Trinajstić information content (AvgIpc) is 3.04. The van der Waals surface area contributed by atoms with Gasteiger partial charge in [0.25, 0.3) is 0 Å². The Morgan fingerprint density at radius 2 is 2.05 bits per heavy atom. The van der Waals surface area contributed by atoms with Crippen LogP contribution in [0.3, 0.4) is 0 Å². The summed E-state index contributed by atoms with van der Waals surface area (Å²) < 4.78 is 10.4. The summed E-state index contributed by atoms with van der Waals surface area (Å²) in [4.78, 5) is 12.9. The molecule has 1 saturated carbocycles. The minimum atomic E-state index is -0.407. The quantitative estimate of drug-likeness (QED) is 0.842. The molecule has 1 aromatic carbocycles. The first kappa shape index (κ1) is 16.8. The van der Waals surface area contributed by atoms with E-state index >= 15 is 0 Å². The van der Waals surface area contributed by atoms with Gasteiger partial charge in [0.2, 0.25) is 5.91 Å². The Labute approximate surface area is 133 Å². The summed E-state index contributed by atoms with van der Waals surface area (Å²) in [5.41, 5.74) is 0.663. The fourth-order valence-electron chi connectivity index (χ4n) is 3.27. The number of amides is 1. The summed E-state index contributed by atoms with van der Waals surface area (Å²) in [5.74, 6) is 0.950. The van der Waals surface area contributed by atoms with Crippen LogP contribution in [0.15, 0.2) is 24.3 Å². The predicted octanol–water partition coefficient (Wildman–Crippen LogP) is 3.05. The molecule has 4 heteroatoms. The van der Waals surface area contributed by atoms with E-state index in [0.717, 1.165) is 43.4 Å². The van der Waals surface area contributed by atoms with E-state index in [-0.39, 0.29) is 11.9 Å². The topological polar surface area (TPSA) is 47.6 Å². The molecule has 0 spiro atoms. The molecule has 1 aliphatic carbocycles. The van der Waals surface area contributed by atoms with Crippen LogP contribution in [0.25, 0.3) is 0 Å². The minimum Gasteiger partial charge on any atom is -0.497 e. The van der Waals surface area contributed by atoms with Crippen LogP contribution in [0.4, 0.5) is 0 Å². The maximum Gasteiger partial charge on any atom is 0.230 e. The van der Waals surface area contributed by atoms with E-state index < -0.39 is 5.41 Å². The van der Waals surface area contributed by atoms with Crippen LogP contribution in [-0.4, -0.2) is 32.8 Å². The van der Waals surface area contributed by atoms with Gasteiger partial charge in [0.1, 0.15) is 5.75 Å². The first-order chi connectivity index (χ1) is 10.6. The lowest BCUT2D eigenvalue weighted by Gasteiger charge is -2.30. The zero-order valence-corrected chi connectivity index (χ0v) is 13.9. The maximum absolute atomic E-state index is 12.9. The third kappa shape index (κ3) is 3.61. The van der Waals surface area contributed by atoms with E-state index in [1.165, 1.54) is 0 Å². The molecule has 1 fully saturated rings. The standard InChI is InChI=1S/C18H27NO3/c1-14(9-12-21-2)19-17(20)18(10-4-5-11-18)15-7-6-8-16(13-15)22-3/h6-8,13-14H,4-5,9-12H2,1-3H3,(H,19,20). The van der Waals surface area contributed by atoms with Gasteiger partial charge in [-0.2, -0.15) is 0 Å². The van der Waals surface area contributed by atoms with Gasteiger partial charge in [-0.15, -0.1) is 0 Å². The van der Waals surface area contributed by atoms with Crippen molar-refractivity contribution in [2.24, 2.45) is 0 Å². The first-order valence-electron chi connectivity index (χ1n) is 8.07. The Morgan fingerprint density at radius 3 is 2.68 bits per heavy atom. The van der Waals surface area contributed by atoms with Crippen molar-refractivity contribution in [3.8, 4) is 5.75 Å². The number of nitrogens with one attached hydrogen (secondary N) is 1. The monoisotopic (exact) mass is 305 g/mol. The summed E-state index contributed by atoms with van der Waals surface area (Å²) in [6.07, 6.45) is 4.83. The van der Waals surface area contributed by atoms with Crippen LogP contribution in [0, 0.1) is 0 Å². The Kier molecular flexibility index (Phi) is 5.83. The lowest BCUT2D eigenvalue weighted by molar-refractivity contribution is -0.127. The van der Waals surface area contributed by atoms with Gasteiger partial charge < -0.3 is 14.8 Å². The third-order valence-electron chi connectivity index (χ3n) is 4.65. The fourth-order valence-corrected chi connectivity index (χ4v) is 3.27. The van der Waals surface area contributed by atoms with E-state index in [2.05, 4.69) is 5.32 Å². The highest BCUT2D eigenvalue weighted by Gasteiger charge is 2.43. The lowest BCUT2D eigenvalue weighted by Crippen LogP contribution is -2.46. The number of rotatable bonds is 7. The predicted molar refractivity (Wildman–Crippen MR) is 87.2 cm³/mol. The molecule has 0 radical (unpaired) electrons. The molecule has 0 saturated heterocycles. The van der Waals surface area contributed by atoms with Crippen LogP contribution in [0.2, 0.25) is 0 Å². The largest absolute Gasteiger partial charge is 0.497 e. The van der Waals surface area contributed by atoms with Gasteiger partial charge in [-0.1, -0.05) is 25.0 Å². The Bertz CT molecular complexity index is 495. The summed E-state index contributed by atoms with van der Waals surface area (Å²) >= 11 is 0. The van der Waals surface area contributed by atoms with Crippen molar-refractivity contribution in [3.63, 3.8) is 0 Å². The number of carbonyl (C=O) groups is 1. The molecule has 4 nitrogen and oxygen atoms in total. The van der Waals surface area contributed by atoms with E-state index in [4.69, 9.17) is 9.47 Å². The molecule has 0 bridgehead atoms. The Balaban J connectivity index is 2.18. The molecule has 1 amide bonds. The first-order valence-corrected chi connectivity index (χ1v) is 8.07. The summed E-state index contributed by atoms with van der Waals surface area (Å²) in [7, 11) is 3.34. The molecule has 1 atom stereocenters. The van der Waals surface area contributed by atoms with E-state index in [0.29, 0.717) is 6.61 Å². The van der Waals surface area contributed by atoms with Crippen LogP contribution < -0.4 is 10.1 Å². The SMILES string of the molecule is COCCC(C)NC(=O)C1(c2cccc(OC)c2)CCCC1. The number of hydrogen-bond donors (Lipinski definition) is 1. The smallest absolute Gasteiger partial charge is 0.230 e. The van der Waals surface area contributed by atoms with Crippen molar-refractivity contribution >= 4 is 5.91 Å². The van der Waals surface area contributed by atoms with Crippen molar-refractivity contribution in [3.05, 3.63) is 29.8 Å². The van der Waals surface area contributed by atoms with Crippen molar-refractivity contribution in [1.29, 1.82) is 0 Å². The number of benzene rings is 1. The molecule has 1 aromatic rings. The van der Waals surface area contributed by atoms with Gasteiger partial charge in [0, 0.05) is 19.8 Å². The van der Waals surface area contributed by atoms with E-state index in [1.54, 1.807) is 14.2 Å². The second kappa shape index (κ2) is 7.63. The molecule has 122 valence electrons. The summed E-state index contributed by atoms with van der Waals surface area (Å²) in [6.45, 7) is 2.69. The van der Waals surface area contributed by atoms with Gasteiger partial charge in [0.05, 0.1) is 12.5 Å². The number of ether oxygens (including phenoxy) is 2. The van der Waals surface area contributed by atoms with Crippen LogP contribution in [-0.2, 0) is 14.9 Å². The highest BCUT2D eigenvalue weighted by atomic mass is 16.5. The Morgan fingerprint density at radius 1 is 1.32 bits per heavy atom. The Hall–Kier alpha value is -1.55. The normalized spacial score (nSPS) is 18.0. The lowest BCUT2D eigenvalue weighted by atomic mass is 9.77. The molecule has 0 aliphatic heterocycles. The number of methoxy groups -OCH3 is 2. The third-order valence-corrected chi connectivity index (χ3v) is 4.65. The second-order valence-corrected chi connectivity index (χ2v) is 6.18. The van der Waals surface area contributed by atoms with Crippen molar-refractivity contribution in [1.82, 2.24) is 5.32 Å². The number of carbonyl (C=O) groups excluding carboxylic acids is 1. The van der Waals surface area contributed by atoms with Crippen molar-refractivity contribution < 1.29 is 14.3 Å². The van der Waals surface area contributed by atoms with Gasteiger partial charge in [-0.05, 0) is 43.9 Å². The molecule has 22 heavy (non-hydrogen) atoms. The molecule has 1 aliphatic rings. The highest BCUT2D eigenvalue weighted by Crippen LogP contribution is 2.42. The molecular weight excluding hydrogens is 278 g/mol. The fraction of sp³-hybridized carbons (Fsp3) is 0.611. The second-order valence-electron chi connectivity index (χ2n) is 6.18. The minimum absolute atomic E-state index is 0.121. The van der Waals surface area contributed by atoms with Gasteiger partial charge in [-0.25, -0.2) is 0 Å². The van der Waals surface area contributed by atoms with Gasteiger partial charge in [-0.3, -0.25) is 4.79 Å². The van der Waals surface area contributed by atoms with Crippen LogP contribution in [0.1, 0.15) is 44.6 Å². The molecule has 0 heterocycles. The summed E-state index contributed by atoms with van der Waals surface area (Å²) in [5, 5.41) is 3.17.